The number of phenolic OH excluding ortho intramolecular Hbond substituents is 2. The van der Waals surface area contributed by atoms with E-state index < -0.39 is 0 Å². The zero-order valence-electron chi connectivity index (χ0n) is 26.5. The monoisotopic (exact) mass is 599 g/mol. The summed E-state index contributed by atoms with van der Waals surface area (Å²) >= 11 is 0. The minimum Gasteiger partial charge on any atom is -0.507 e. The Morgan fingerprint density at radius 1 is 0.684 bits per heavy atom. The van der Waals surface area contributed by atoms with Crippen LogP contribution in [0.1, 0.15) is 110 Å². The van der Waals surface area contributed by atoms with Crippen LogP contribution in [0.4, 0.5) is 0 Å². The quantitative estimate of drug-likeness (QED) is 0.273. The Morgan fingerprint density at radius 2 is 1.08 bits per heavy atom. The SMILES string of the molecule is CN=Cc1cc(C(C)(C)C)cc(C(C)(C)C)c1O.CN=Cc1cc(CC(C)C)cc(C(C)(C)C)c1O.[CH3-].[Zr]. The third-order valence-corrected chi connectivity index (χ3v) is 6.00. The molecule has 2 rings (SSSR count). The van der Waals surface area contributed by atoms with Gasteiger partial charge in [0, 0.05) is 75.0 Å². The zero-order valence-corrected chi connectivity index (χ0v) is 29.0. The van der Waals surface area contributed by atoms with Crippen molar-refractivity contribution in [1.82, 2.24) is 0 Å². The fourth-order valence-electron chi connectivity index (χ4n) is 4.02. The van der Waals surface area contributed by atoms with Crippen LogP contribution in [0.5, 0.6) is 11.5 Å². The van der Waals surface area contributed by atoms with Crippen LogP contribution in [0.3, 0.4) is 0 Å². The molecule has 0 unspecified atom stereocenters. The van der Waals surface area contributed by atoms with Gasteiger partial charge in [0.2, 0.25) is 0 Å². The molecule has 2 N–H and O–H groups in total. The molecule has 2 aromatic carbocycles. The Hall–Kier alpha value is -1.74. The van der Waals surface area contributed by atoms with E-state index in [4.69, 9.17) is 0 Å². The number of rotatable bonds is 4. The number of aliphatic imine (C=N–C) groups is 2. The van der Waals surface area contributed by atoms with Crippen LogP contribution >= 0.6 is 0 Å². The Labute approximate surface area is 253 Å². The van der Waals surface area contributed by atoms with Gasteiger partial charge in [-0.1, -0.05) is 88.3 Å². The van der Waals surface area contributed by atoms with Crippen molar-refractivity contribution in [2.45, 2.75) is 98.8 Å². The summed E-state index contributed by atoms with van der Waals surface area (Å²) in [6.45, 7) is 23.6. The van der Waals surface area contributed by atoms with E-state index in [2.05, 4.69) is 98.3 Å². The molecule has 0 aliphatic heterocycles. The minimum absolute atomic E-state index is 0. The van der Waals surface area contributed by atoms with Crippen molar-refractivity contribution < 1.29 is 36.4 Å². The van der Waals surface area contributed by atoms with Gasteiger partial charge in [-0.05, 0) is 51.8 Å². The van der Waals surface area contributed by atoms with E-state index in [1.165, 1.54) is 11.1 Å². The molecule has 0 saturated heterocycles. The first kappa shape index (κ1) is 38.4. The van der Waals surface area contributed by atoms with Gasteiger partial charge in [-0.3, -0.25) is 9.98 Å². The zero-order chi connectivity index (χ0) is 28.1. The third-order valence-electron chi connectivity index (χ3n) is 6.00. The molecule has 4 nitrogen and oxygen atoms in total. The Bertz CT molecular complexity index is 1080. The summed E-state index contributed by atoms with van der Waals surface area (Å²) in [7, 11) is 3.45. The van der Waals surface area contributed by atoms with Gasteiger partial charge in [-0.15, -0.1) is 0 Å². The third kappa shape index (κ3) is 11.2. The van der Waals surface area contributed by atoms with Crippen LogP contribution in [0.2, 0.25) is 0 Å². The van der Waals surface area contributed by atoms with E-state index in [-0.39, 0.29) is 49.9 Å². The van der Waals surface area contributed by atoms with E-state index in [1.54, 1.807) is 26.5 Å². The van der Waals surface area contributed by atoms with Crippen molar-refractivity contribution in [1.29, 1.82) is 0 Å². The molecule has 0 radical (unpaired) electrons. The van der Waals surface area contributed by atoms with E-state index in [0.717, 1.165) is 28.7 Å². The van der Waals surface area contributed by atoms with Gasteiger partial charge in [-0.2, -0.15) is 0 Å². The number of phenols is 2. The molecule has 5 heteroatoms. The molecule has 0 amide bonds. The molecule has 0 aliphatic rings. The number of nitrogens with zero attached hydrogens (tertiary/aromatic N) is 2. The molecule has 0 fully saturated rings. The Kier molecular flexibility index (Phi) is 15.3. The maximum atomic E-state index is 10.4. The standard InChI is InChI=1S/2C16H25NO.CH3.Zr/c1-15(2,3)12-8-11(10-17-7)14(18)13(9-12)16(4,5)6;1-11(2)7-12-8-13(10-17-6)15(18)14(9-12)16(3,4)5;;/h8-10,18H,1-7H3;8-11,18H,7H2,1-6H3;1H3;/q;;-1;. The first-order valence-electron chi connectivity index (χ1n) is 12.9. The van der Waals surface area contributed by atoms with Crippen LogP contribution in [0, 0.1) is 13.3 Å². The van der Waals surface area contributed by atoms with Crippen molar-refractivity contribution in [2.75, 3.05) is 14.1 Å². The molecule has 0 saturated carbocycles. The van der Waals surface area contributed by atoms with Crippen molar-refractivity contribution in [3.63, 3.8) is 0 Å². The second kappa shape index (κ2) is 15.2. The molecule has 0 heterocycles. The first-order chi connectivity index (χ1) is 16.3. The van der Waals surface area contributed by atoms with E-state index in [9.17, 15) is 10.2 Å². The molecular formula is C33H53N2O2Zr-. The molecule has 0 atom stereocenters. The van der Waals surface area contributed by atoms with Gasteiger partial charge in [-0.25, -0.2) is 0 Å². The fraction of sp³-hybridized carbons (Fsp3) is 0.545. The average molecular weight is 601 g/mol. The summed E-state index contributed by atoms with van der Waals surface area (Å²) in [4.78, 5) is 8.05. The van der Waals surface area contributed by atoms with E-state index >= 15 is 0 Å². The average Bonchev–Trinajstić information content (AvgIpc) is 2.69. The van der Waals surface area contributed by atoms with Crippen LogP contribution in [-0.2, 0) is 48.9 Å². The van der Waals surface area contributed by atoms with Gasteiger partial charge in [0.1, 0.15) is 11.5 Å². The second-order valence-electron chi connectivity index (χ2n) is 13.2. The molecule has 0 bridgehead atoms. The molecule has 2 aromatic rings. The van der Waals surface area contributed by atoms with Gasteiger partial charge >= 0.3 is 0 Å². The van der Waals surface area contributed by atoms with Gasteiger partial charge in [0.05, 0.1) is 0 Å². The van der Waals surface area contributed by atoms with Gasteiger partial charge in [0.25, 0.3) is 0 Å². The predicted molar refractivity (Wildman–Crippen MR) is 164 cm³/mol. The molecule has 0 spiro atoms. The molecular weight excluding hydrogens is 548 g/mol. The smallest absolute Gasteiger partial charge is 0.128 e. The van der Waals surface area contributed by atoms with Gasteiger partial charge in [0.15, 0.2) is 0 Å². The van der Waals surface area contributed by atoms with Crippen LogP contribution in [0.25, 0.3) is 0 Å². The number of hydrogen-bond donors (Lipinski definition) is 2. The molecule has 0 aromatic heterocycles. The normalized spacial score (nSPS) is 12.3. The van der Waals surface area contributed by atoms with Crippen LogP contribution in [0.15, 0.2) is 34.3 Å². The maximum Gasteiger partial charge on any atom is 0.128 e. The molecule has 38 heavy (non-hydrogen) atoms. The molecule has 0 aliphatic carbocycles. The van der Waals surface area contributed by atoms with E-state index in [1.807, 2.05) is 12.1 Å². The summed E-state index contributed by atoms with van der Waals surface area (Å²) < 4.78 is 0. The van der Waals surface area contributed by atoms with Gasteiger partial charge < -0.3 is 17.6 Å². The summed E-state index contributed by atoms with van der Waals surface area (Å²) in [5.41, 5.74) is 6.00. The summed E-state index contributed by atoms with van der Waals surface area (Å²) in [5.74, 6) is 1.32. The van der Waals surface area contributed by atoms with Crippen molar-refractivity contribution in [3.05, 3.63) is 65.1 Å². The topological polar surface area (TPSA) is 65.2 Å². The largest absolute Gasteiger partial charge is 0.507 e. The minimum atomic E-state index is -0.0817. The summed E-state index contributed by atoms with van der Waals surface area (Å²) in [6.07, 6.45) is 4.47. The van der Waals surface area contributed by atoms with E-state index in [0.29, 0.717) is 17.4 Å². The van der Waals surface area contributed by atoms with Crippen LogP contribution in [-0.4, -0.2) is 36.7 Å². The van der Waals surface area contributed by atoms with Crippen molar-refractivity contribution in [3.8, 4) is 11.5 Å². The Balaban J connectivity index is 0. The number of benzene rings is 2. The fourth-order valence-corrected chi connectivity index (χ4v) is 4.02. The number of aromatic hydroxyl groups is 2. The maximum absolute atomic E-state index is 10.4. The number of hydrogen-bond acceptors (Lipinski definition) is 4. The summed E-state index contributed by atoms with van der Waals surface area (Å²) in [6, 6.07) is 8.31. The second-order valence-corrected chi connectivity index (χ2v) is 13.2. The molecule has 212 valence electrons. The van der Waals surface area contributed by atoms with Crippen molar-refractivity contribution in [2.24, 2.45) is 15.9 Å². The predicted octanol–water partition coefficient (Wildman–Crippen LogP) is 8.42. The van der Waals surface area contributed by atoms with Crippen LogP contribution < -0.4 is 0 Å². The van der Waals surface area contributed by atoms with Crippen molar-refractivity contribution >= 4 is 12.4 Å². The first-order valence-corrected chi connectivity index (χ1v) is 12.9. The Morgan fingerprint density at radius 3 is 1.42 bits per heavy atom. The summed E-state index contributed by atoms with van der Waals surface area (Å²) in [5, 5.41) is 20.7.